The molecule has 3 rings (SSSR count). The quantitative estimate of drug-likeness (QED) is 0.915. The largest absolute Gasteiger partial charge is 0.347 e. The Labute approximate surface area is 127 Å². The number of aryl methyl sites for hydroxylation is 2. The van der Waals surface area contributed by atoms with E-state index < -0.39 is 0 Å². The Balaban J connectivity index is 1.70. The molecule has 0 saturated heterocycles. The highest BCUT2D eigenvalue weighted by Gasteiger charge is 2.16. The van der Waals surface area contributed by atoms with Gasteiger partial charge in [-0.3, -0.25) is 9.59 Å². The average Bonchev–Trinajstić information content (AvgIpc) is 2.89. The molecule has 1 aliphatic rings. The maximum atomic E-state index is 12.2. The third-order valence-corrected chi connectivity index (χ3v) is 4.66. The second-order valence-electron chi connectivity index (χ2n) is 5.13. The molecule has 108 valence electrons. The summed E-state index contributed by atoms with van der Waals surface area (Å²) in [6.07, 6.45) is 1.17. The summed E-state index contributed by atoms with van der Waals surface area (Å²) in [4.78, 5) is 24.7. The van der Waals surface area contributed by atoms with E-state index in [1.54, 1.807) is 23.5 Å². The molecule has 2 N–H and O–H groups in total. The van der Waals surface area contributed by atoms with Crippen molar-refractivity contribution in [3.63, 3.8) is 0 Å². The molecule has 5 heteroatoms. The highest BCUT2D eigenvalue weighted by molar-refractivity contribution is 7.10. The Morgan fingerprint density at radius 3 is 2.95 bits per heavy atom. The third-order valence-electron chi connectivity index (χ3n) is 3.64. The molecule has 0 fully saturated rings. The SMILES string of the molecule is Cc1ccsc1CNC(=O)c1ccc2c(c1)CCC(=O)N2. The second kappa shape index (κ2) is 5.69. The molecule has 0 atom stereocenters. The number of benzene rings is 1. The lowest BCUT2D eigenvalue weighted by atomic mass is 10.00. The van der Waals surface area contributed by atoms with Crippen molar-refractivity contribution in [1.29, 1.82) is 0 Å². The van der Waals surface area contributed by atoms with Gasteiger partial charge in [0.05, 0.1) is 6.54 Å². The molecule has 2 heterocycles. The number of hydrogen-bond donors (Lipinski definition) is 2. The van der Waals surface area contributed by atoms with Crippen LogP contribution in [-0.4, -0.2) is 11.8 Å². The van der Waals surface area contributed by atoms with Crippen molar-refractivity contribution in [2.75, 3.05) is 5.32 Å². The summed E-state index contributed by atoms with van der Waals surface area (Å²) in [5.41, 5.74) is 3.68. The monoisotopic (exact) mass is 300 g/mol. The van der Waals surface area contributed by atoms with Crippen LogP contribution in [-0.2, 0) is 17.8 Å². The molecular formula is C16H16N2O2S. The Morgan fingerprint density at radius 1 is 1.33 bits per heavy atom. The summed E-state index contributed by atoms with van der Waals surface area (Å²) in [6.45, 7) is 2.59. The van der Waals surface area contributed by atoms with E-state index in [0.717, 1.165) is 11.3 Å². The van der Waals surface area contributed by atoms with Crippen LogP contribution in [0.2, 0.25) is 0 Å². The summed E-state index contributed by atoms with van der Waals surface area (Å²) in [6, 6.07) is 7.47. The zero-order valence-electron chi connectivity index (χ0n) is 11.7. The van der Waals surface area contributed by atoms with Gasteiger partial charge < -0.3 is 10.6 Å². The smallest absolute Gasteiger partial charge is 0.251 e. The minimum atomic E-state index is -0.0810. The number of fused-ring (bicyclic) bond motifs is 1. The fourth-order valence-electron chi connectivity index (χ4n) is 2.37. The van der Waals surface area contributed by atoms with E-state index in [0.29, 0.717) is 24.9 Å². The molecule has 1 aromatic carbocycles. The molecule has 0 spiro atoms. The van der Waals surface area contributed by atoms with Crippen LogP contribution in [0, 0.1) is 6.92 Å². The predicted molar refractivity (Wildman–Crippen MR) is 83.6 cm³/mol. The Kier molecular flexibility index (Phi) is 3.75. The van der Waals surface area contributed by atoms with Crippen LogP contribution in [0.25, 0.3) is 0 Å². The number of thiophene rings is 1. The number of rotatable bonds is 3. The Bertz CT molecular complexity index is 706. The molecule has 0 bridgehead atoms. The van der Waals surface area contributed by atoms with Crippen molar-refractivity contribution < 1.29 is 9.59 Å². The normalized spacial score (nSPS) is 13.5. The van der Waals surface area contributed by atoms with E-state index in [-0.39, 0.29) is 11.8 Å². The molecule has 0 saturated carbocycles. The van der Waals surface area contributed by atoms with E-state index in [1.807, 2.05) is 24.4 Å². The summed E-state index contributed by atoms with van der Waals surface area (Å²) in [5.74, 6) is -0.0460. The number of carbonyl (C=O) groups excluding carboxylic acids is 2. The van der Waals surface area contributed by atoms with Gasteiger partial charge in [-0.25, -0.2) is 0 Å². The van der Waals surface area contributed by atoms with Crippen LogP contribution in [0.3, 0.4) is 0 Å². The number of anilines is 1. The summed E-state index contributed by atoms with van der Waals surface area (Å²) >= 11 is 1.65. The van der Waals surface area contributed by atoms with Crippen LogP contribution < -0.4 is 10.6 Å². The summed E-state index contributed by atoms with van der Waals surface area (Å²) in [7, 11) is 0. The Morgan fingerprint density at radius 2 is 2.19 bits per heavy atom. The maximum Gasteiger partial charge on any atom is 0.251 e. The minimum Gasteiger partial charge on any atom is -0.347 e. The van der Waals surface area contributed by atoms with Crippen molar-refractivity contribution >= 4 is 28.8 Å². The van der Waals surface area contributed by atoms with Gasteiger partial charge in [0.25, 0.3) is 5.91 Å². The van der Waals surface area contributed by atoms with E-state index in [9.17, 15) is 9.59 Å². The van der Waals surface area contributed by atoms with Crippen LogP contribution in [0.5, 0.6) is 0 Å². The minimum absolute atomic E-state index is 0.0351. The van der Waals surface area contributed by atoms with Gasteiger partial charge in [-0.2, -0.15) is 0 Å². The van der Waals surface area contributed by atoms with Crippen LogP contribution in [0.4, 0.5) is 5.69 Å². The van der Waals surface area contributed by atoms with E-state index in [1.165, 1.54) is 10.4 Å². The zero-order valence-corrected chi connectivity index (χ0v) is 12.5. The lowest BCUT2D eigenvalue weighted by Gasteiger charge is -2.17. The first-order valence-electron chi connectivity index (χ1n) is 6.87. The molecule has 2 amide bonds. The highest BCUT2D eigenvalue weighted by Crippen LogP contribution is 2.23. The van der Waals surface area contributed by atoms with Gasteiger partial charge in [-0.15, -0.1) is 11.3 Å². The molecule has 0 unspecified atom stereocenters. The number of hydrogen-bond acceptors (Lipinski definition) is 3. The van der Waals surface area contributed by atoms with Crippen molar-refractivity contribution in [3.05, 3.63) is 51.2 Å². The fraction of sp³-hybridized carbons (Fsp3) is 0.250. The van der Waals surface area contributed by atoms with Gasteiger partial charge in [-0.05, 0) is 54.1 Å². The molecule has 4 nitrogen and oxygen atoms in total. The summed E-state index contributed by atoms with van der Waals surface area (Å²) < 4.78 is 0. The van der Waals surface area contributed by atoms with Gasteiger partial charge in [-0.1, -0.05) is 0 Å². The standard InChI is InChI=1S/C16H16N2O2S/c1-10-6-7-21-14(10)9-17-16(20)12-2-4-13-11(8-12)3-5-15(19)18-13/h2,4,6-8H,3,5,9H2,1H3,(H,17,20)(H,18,19). The first-order chi connectivity index (χ1) is 10.1. The van der Waals surface area contributed by atoms with Gasteiger partial charge in [0.2, 0.25) is 5.91 Å². The zero-order chi connectivity index (χ0) is 14.8. The molecule has 21 heavy (non-hydrogen) atoms. The predicted octanol–water partition coefficient (Wildman–Crippen LogP) is 2.87. The Hall–Kier alpha value is -2.14. The summed E-state index contributed by atoms with van der Waals surface area (Å²) in [5, 5.41) is 7.79. The van der Waals surface area contributed by atoms with E-state index >= 15 is 0 Å². The lowest BCUT2D eigenvalue weighted by Crippen LogP contribution is -2.24. The molecule has 2 aromatic rings. The highest BCUT2D eigenvalue weighted by atomic mass is 32.1. The van der Waals surface area contributed by atoms with Crippen molar-refractivity contribution in [2.24, 2.45) is 0 Å². The molecule has 0 radical (unpaired) electrons. The molecule has 0 aliphatic carbocycles. The number of amides is 2. The van der Waals surface area contributed by atoms with Crippen LogP contribution in [0.15, 0.2) is 29.6 Å². The van der Waals surface area contributed by atoms with Crippen LogP contribution >= 0.6 is 11.3 Å². The van der Waals surface area contributed by atoms with Gasteiger partial charge >= 0.3 is 0 Å². The van der Waals surface area contributed by atoms with Gasteiger partial charge in [0.1, 0.15) is 0 Å². The number of nitrogens with one attached hydrogen (secondary N) is 2. The average molecular weight is 300 g/mol. The van der Waals surface area contributed by atoms with Crippen molar-refractivity contribution in [2.45, 2.75) is 26.3 Å². The molecule has 1 aromatic heterocycles. The first-order valence-corrected chi connectivity index (χ1v) is 7.75. The lowest BCUT2D eigenvalue weighted by molar-refractivity contribution is -0.116. The number of carbonyl (C=O) groups is 2. The third kappa shape index (κ3) is 2.97. The molecular weight excluding hydrogens is 284 g/mol. The van der Waals surface area contributed by atoms with Gasteiger partial charge in [0.15, 0.2) is 0 Å². The second-order valence-corrected chi connectivity index (χ2v) is 6.13. The van der Waals surface area contributed by atoms with E-state index in [4.69, 9.17) is 0 Å². The van der Waals surface area contributed by atoms with Crippen molar-refractivity contribution in [3.8, 4) is 0 Å². The molecule has 1 aliphatic heterocycles. The van der Waals surface area contributed by atoms with Crippen molar-refractivity contribution in [1.82, 2.24) is 5.32 Å². The van der Waals surface area contributed by atoms with Crippen LogP contribution in [0.1, 0.15) is 32.8 Å². The first kappa shape index (κ1) is 13.8. The maximum absolute atomic E-state index is 12.2. The fourth-order valence-corrected chi connectivity index (χ4v) is 3.22. The van der Waals surface area contributed by atoms with Gasteiger partial charge in [0, 0.05) is 22.5 Å². The van der Waals surface area contributed by atoms with E-state index in [2.05, 4.69) is 10.6 Å². The topological polar surface area (TPSA) is 58.2 Å².